The molecule has 3 amide bonds. The van der Waals surface area contributed by atoms with Gasteiger partial charge in [-0.2, -0.15) is 0 Å². The molecule has 1 unspecified atom stereocenters. The second kappa shape index (κ2) is 8.20. The van der Waals surface area contributed by atoms with E-state index in [2.05, 4.69) is 5.32 Å². The van der Waals surface area contributed by atoms with Crippen LogP contribution in [0.2, 0.25) is 5.02 Å². The van der Waals surface area contributed by atoms with Crippen LogP contribution >= 0.6 is 11.6 Å². The van der Waals surface area contributed by atoms with Gasteiger partial charge in [0.2, 0.25) is 5.91 Å². The molecule has 0 bridgehead atoms. The van der Waals surface area contributed by atoms with Gasteiger partial charge in [0, 0.05) is 12.5 Å². The summed E-state index contributed by atoms with van der Waals surface area (Å²) in [5, 5.41) is 11.8. The third-order valence-corrected chi connectivity index (χ3v) is 5.31. The maximum atomic E-state index is 14.2. The van der Waals surface area contributed by atoms with Crippen LogP contribution in [0.25, 0.3) is 0 Å². The average Bonchev–Trinajstić information content (AvgIpc) is 3.01. The highest BCUT2D eigenvalue weighted by Crippen LogP contribution is 2.30. The predicted molar refractivity (Wildman–Crippen MR) is 113 cm³/mol. The third-order valence-electron chi connectivity index (χ3n) is 5.01. The highest BCUT2D eigenvalue weighted by Gasteiger charge is 2.42. The fraction of sp³-hybridized carbons (Fsp3) is 0.0870. The highest BCUT2D eigenvalue weighted by molar-refractivity contribution is 6.32. The molecule has 4 rings (SSSR count). The van der Waals surface area contributed by atoms with E-state index < -0.39 is 35.3 Å². The molecule has 3 aromatic carbocycles. The van der Waals surface area contributed by atoms with Gasteiger partial charge in [-0.1, -0.05) is 54.1 Å². The number of rotatable bonds is 5. The topological polar surface area (TPSA) is 86.7 Å². The summed E-state index contributed by atoms with van der Waals surface area (Å²) in [6.45, 7) is 0. The molecule has 0 spiro atoms. The van der Waals surface area contributed by atoms with Crippen molar-refractivity contribution in [1.29, 1.82) is 0 Å². The van der Waals surface area contributed by atoms with E-state index in [1.54, 1.807) is 42.5 Å². The molecule has 0 aliphatic carbocycles. The number of amides is 3. The average molecular weight is 439 g/mol. The van der Waals surface area contributed by atoms with Crippen molar-refractivity contribution in [3.8, 4) is 5.75 Å². The first-order chi connectivity index (χ1) is 14.9. The monoisotopic (exact) mass is 438 g/mol. The molecule has 0 aromatic heterocycles. The number of benzene rings is 3. The summed E-state index contributed by atoms with van der Waals surface area (Å²) in [6, 6.07) is 15.8. The molecular weight excluding hydrogens is 423 g/mol. The van der Waals surface area contributed by atoms with Crippen molar-refractivity contribution < 1.29 is 23.9 Å². The Kier molecular flexibility index (Phi) is 5.44. The summed E-state index contributed by atoms with van der Waals surface area (Å²) in [5.74, 6) is -3.34. The summed E-state index contributed by atoms with van der Waals surface area (Å²) < 4.78 is 14.2. The van der Waals surface area contributed by atoms with Gasteiger partial charge in [0.05, 0.1) is 21.8 Å². The molecule has 1 atom stereocenters. The predicted octanol–water partition coefficient (Wildman–Crippen LogP) is 4.03. The lowest BCUT2D eigenvalue weighted by Crippen LogP contribution is -2.48. The van der Waals surface area contributed by atoms with Crippen LogP contribution in [0.5, 0.6) is 5.75 Å². The maximum absolute atomic E-state index is 14.2. The molecule has 6 nitrogen and oxygen atoms in total. The lowest BCUT2D eigenvalue weighted by molar-refractivity contribution is -0.120. The first-order valence-electron chi connectivity index (χ1n) is 9.36. The second-order valence-corrected chi connectivity index (χ2v) is 7.41. The Balaban J connectivity index is 1.70. The number of nitrogens with zero attached hydrogens (tertiary/aromatic N) is 1. The van der Waals surface area contributed by atoms with E-state index in [-0.39, 0.29) is 28.3 Å². The number of hydrogen-bond acceptors (Lipinski definition) is 4. The largest absolute Gasteiger partial charge is 0.506 e. The summed E-state index contributed by atoms with van der Waals surface area (Å²) in [7, 11) is 0. The Morgan fingerprint density at radius 1 is 1.00 bits per heavy atom. The standard InChI is InChI=1S/C23H16ClFN2O4/c24-16-11-18(17(25)12-20(16)28)26-21(29)19(10-13-6-2-1-3-7-13)27-22(30)14-8-4-5-9-15(14)23(27)31/h1-9,11-12,19,28H,10H2,(H,26,29). The minimum Gasteiger partial charge on any atom is -0.506 e. The van der Waals surface area contributed by atoms with E-state index in [0.717, 1.165) is 17.0 Å². The van der Waals surface area contributed by atoms with Gasteiger partial charge in [-0.05, 0) is 23.8 Å². The fourth-order valence-corrected chi connectivity index (χ4v) is 3.64. The maximum Gasteiger partial charge on any atom is 0.262 e. The van der Waals surface area contributed by atoms with Crippen LogP contribution in [0.1, 0.15) is 26.3 Å². The van der Waals surface area contributed by atoms with Crippen LogP contribution in [0.15, 0.2) is 66.7 Å². The van der Waals surface area contributed by atoms with Gasteiger partial charge in [0.25, 0.3) is 11.8 Å². The van der Waals surface area contributed by atoms with Crippen molar-refractivity contribution in [2.45, 2.75) is 12.5 Å². The van der Waals surface area contributed by atoms with Crippen LogP contribution in [-0.2, 0) is 11.2 Å². The number of phenolic OH excluding ortho intramolecular Hbond substituents is 1. The molecule has 3 aromatic rings. The van der Waals surface area contributed by atoms with E-state index in [1.807, 2.05) is 0 Å². The number of nitrogens with one attached hydrogen (secondary N) is 1. The van der Waals surface area contributed by atoms with Crippen molar-refractivity contribution in [1.82, 2.24) is 4.90 Å². The van der Waals surface area contributed by atoms with Crippen molar-refractivity contribution in [2.24, 2.45) is 0 Å². The van der Waals surface area contributed by atoms with E-state index >= 15 is 0 Å². The van der Waals surface area contributed by atoms with Crippen LogP contribution < -0.4 is 5.32 Å². The molecular formula is C23H16ClFN2O4. The van der Waals surface area contributed by atoms with Gasteiger partial charge < -0.3 is 10.4 Å². The third kappa shape index (κ3) is 3.87. The Hall–Kier alpha value is -3.71. The highest BCUT2D eigenvalue weighted by atomic mass is 35.5. The minimum absolute atomic E-state index is 0.0333. The van der Waals surface area contributed by atoms with Gasteiger partial charge in [-0.3, -0.25) is 19.3 Å². The van der Waals surface area contributed by atoms with E-state index in [0.29, 0.717) is 5.56 Å². The van der Waals surface area contributed by atoms with Gasteiger partial charge in [-0.15, -0.1) is 0 Å². The summed E-state index contributed by atoms with van der Waals surface area (Å²) in [5.41, 5.74) is 0.848. The van der Waals surface area contributed by atoms with Gasteiger partial charge in [0.1, 0.15) is 17.6 Å². The molecule has 31 heavy (non-hydrogen) atoms. The molecule has 0 saturated heterocycles. The van der Waals surface area contributed by atoms with Crippen molar-refractivity contribution in [2.75, 3.05) is 5.32 Å². The lowest BCUT2D eigenvalue weighted by Gasteiger charge is -2.25. The molecule has 0 saturated carbocycles. The number of anilines is 1. The Bertz CT molecular complexity index is 1160. The van der Waals surface area contributed by atoms with Crippen molar-refractivity contribution in [3.05, 3.63) is 94.3 Å². The molecule has 156 valence electrons. The number of fused-ring (bicyclic) bond motifs is 1. The van der Waals surface area contributed by atoms with E-state index in [9.17, 15) is 23.9 Å². The van der Waals surface area contributed by atoms with Gasteiger partial charge in [-0.25, -0.2) is 4.39 Å². The number of carbonyl (C=O) groups is 3. The minimum atomic E-state index is -1.23. The van der Waals surface area contributed by atoms with E-state index in [4.69, 9.17) is 11.6 Å². The number of hydrogen-bond donors (Lipinski definition) is 2. The number of aromatic hydroxyl groups is 1. The number of phenols is 1. The van der Waals surface area contributed by atoms with Crippen molar-refractivity contribution >= 4 is 35.0 Å². The first-order valence-corrected chi connectivity index (χ1v) is 9.74. The zero-order chi connectivity index (χ0) is 22.1. The Labute approximate surface area is 181 Å². The van der Waals surface area contributed by atoms with Crippen LogP contribution in [0.4, 0.5) is 10.1 Å². The number of halogens is 2. The van der Waals surface area contributed by atoms with Crippen LogP contribution in [0, 0.1) is 5.82 Å². The van der Waals surface area contributed by atoms with Crippen LogP contribution in [0.3, 0.4) is 0 Å². The Morgan fingerprint density at radius 3 is 2.19 bits per heavy atom. The second-order valence-electron chi connectivity index (χ2n) is 7.00. The number of carbonyl (C=O) groups excluding carboxylic acids is 3. The smallest absolute Gasteiger partial charge is 0.262 e. The Morgan fingerprint density at radius 2 is 1.58 bits per heavy atom. The quantitative estimate of drug-likeness (QED) is 0.465. The van der Waals surface area contributed by atoms with Crippen molar-refractivity contribution in [3.63, 3.8) is 0 Å². The van der Waals surface area contributed by atoms with Gasteiger partial charge in [0.15, 0.2) is 0 Å². The molecule has 2 N–H and O–H groups in total. The summed E-state index contributed by atoms with van der Waals surface area (Å²) in [4.78, 5) is 40.0. The first kappa shape index (κ1) is 20.6. The molecule has 0 radical (unpaired) electrons. The summed E-state index contributed by atoms with van der Waals surface area (Å²) >= 11 is 5.83. The summed E-state index contributed by atoms with van der Waals surface area (Å²) in [6.07, 6.45) is 0.0333. The zero-order valence-electron chi connectivity index (χ0n) is 16.0. The fourth-order valence-electron chi connectivity index (χ4n) is 3.48. The lowest BCUT2D eigenvalue weighted by atomic mass is 10.0. The zero-order valence-corrected chi connectivity index (χ0v) is 16.8. The SMILES string of the molecule is O=C(Nc1cc(Cl)c(O)cc1F)C(Cc1ccccc1)N1C(=O)c2ccccc2C1=O. The van der Waals surface area contributed by atoms with Gasteiger partial charge >= 0.3 is 0 Å². The molecule has 8 heteroatoms. The molecule has 1 aliphatic heterocycles. The van der Waals surface area contributed by atoms with E-state index in [1.165, 1.54) is 12.1 Å². The molecule has 1 aliphatic rings. The molecule has 1 heterocycles. The molecule has 0 fully saturated rings. The van der Waals surface area contributed by atoms with Crippen LogP contribution in [-0.4, -0.2) is 33.8 Å². The normalized spacial score (nSPS) is 13.8. The number of imide groups is 1.